The van der Waals surface area contributed by atoms with E-state index < -0.39 is 0 Å². The van der Waals surface area contributed by atoms with E-state index in [1.54, 1.807) is 0 Å². The number of anilines is 2. The zero-order valence-corrected chi connectivity index (χ0v) is 16.5. The van der Waals surface area contributed by atoms with Gasteiger partial charge < -0.3 is 19.9 Å². The van der Waals surface area contributed by atoms with Gasteiger partial charge in [0, 0.05) is 32.6 Å². The average Bonchev–Trinajstić information content (AvgIpc) is 2.73. The molecule has 1 fully saturated rings. The SMILES string of the molecule is CCC(=O)N1CCN(c2ccccc2NC(=O)COc2ccccc2C)CC1. The van der Waals surface area contributed by atoms with Crippen molar-refractivity contribution in [3.63, 3.8) is 0 Å². The lowest BCUT2D eigenvalue weighted by Crippen LogP contribution is -2.48. The van der Waals surface area contributed by atoms with Crippen molar-refractivity contribution >= 4 is 23.2 Å². The monoisotopic (exact) mass is 381 g/mol. The second-order valence-corrected chi connectivity index (χ2v) is 6.84. The van der Waals surface area contributed by atoms with Crippen molar-refractivity contribution in [3.8, 4) is 5.75 Å². The van der Waals surface area contributed by atoms with Crippen LogP contribution in [0.25, 0.3) is 0 Å². The summed E-state index contributed by atoms with van der Waals surface area (Å²) in [6.45, 7) is 6.69. The Kier molecular flexibility index (Phi) is 6.53. The average molecular weight is 381 g/mol. The first-order chi connectivity index (χ1) is 13.6. The second-order valence-electron chi connectivity index (χ2n) is 6.84. The van der Waals surface area contributed by atoms with Crippen LogP contribution in [0.2, 0.25) is 0 Å². The van der Waals surface area contributed by atoms with Gasteiger partial charge in [-0.25, -0.2) is 0 Å². The number of benzene rings is 2. The molecule has 148 valence electrons. The fourth-order valence-electron chi connectivity index (χ4n) is 3.32. The van der Waals surface area contributed by atoms with Crippen molar-refractivity contribution in [2.45, 2.75) is 20.3 Å². The first-order valence-corrected chi connectivity index (χ1v) is 9.68. The molecular weight excluding hydrogens is 354 g/mol. The van der Waals surface area contributed by atoms with Gasteiger partial charge in [0.2, 0.25) is 5.91 Å². The summed E-state index contributed by atoms with van der Waals surface area (Å²) in [5, 5.41) is 2.96. The van der Waals surface area contributed by atoms with Gasteiger partial charge in [-0.2, -0.15) is 0 Å². The Bertz CT molecular complexity index is 829. The number of piperazine rings is 1. The van der Waals surface area contributed by atoms with E-state index in [-0.39, 0.29) is 18.4 Å². The molecule has 0 aromatic heterocycles. The molecule has 1 aliphatic heterocycles. The fourth-order valence-corrected chi connectivity index (χ4v) is 3.32. The minimum absolute atomic E-state index is 0.0437. The largest absolute Gasteiger partial charge is 0.483 e. The zero-order chi connectivity index (χ0) is 19.9. The highest BCUT2D eigenvalue weighted by Gasteiger charge is 2.22. The number of rotatable bonds is 6. The van der Waals surface area contributed by atoms with E-state index in [0.29, 0.717) is 25.3 Å². The summed E-state index contributed by atoms with van der Waals surface area (Å²) in [5.74, 6) is 0.702. The van der Waals surface area contributed by atoms with Gasteiger partial charge >= 0.3 is 0 Å². The predicted octanol–water partition coefficient (Wildman–Crippen LogP) is 3.07. The number of hydrogen-bond donors (Lipinski definition) is 1. The lowest BCUT2D eigenvalue weighted by Gasteiger charge is -2.36. The summed E-state index contributed by atoms with van der Waals surface area (Å²) < 4.78 is 5.64. The molecule has 0 aliphatic carbocycles. The molecule has 1 saturated heterocycles. The minimum atomic E-state index is -0.199. The molecule has 1 N–H and O–H groups in total. The molecule has 0 spiro atoms. The number of carbonyl (C=O) groups is 2. The third-order valence-electron chi connectivity index (χ3n) is 4.91. The van der Waals surface area contributed by atoms with Crippen LogP contribution >= 0.6 is 0 Å². The molecule has 0 radical (unpaired) electrons. The Hall–Kier alpha value is -3.02. The first kappa shape index (κ1) is 19.7. The van der Waals surface area contributed by atoms with Crippen LogP contribution in [-0.4, -0.2) is 49.5 Å². The lowest BCUT2D eigenvalue weighted by atomic mass is 10.2. The van der Waals surface area contributed by atoms with Gasteiger partial charge in [0.1, 0.15) is 5.75 Å². The molecule has 0 saturated carbocycles. The standard InChI is InChI=1S/C22H27N3O3/c1-3-22(27)25-14-12-24(13-15-25)19-10-6-5-9-18(19)23-21(26)16-28-20-11-7-4-8-17(20)2/h4-11H,3,12-16H2,1-2H3,(H,23,26). The van der Waals surface area contributed by atoms with Crippen LogP contribution in [0.1, 0.15) is 18.9 Å². The molecule has 0 bridgehead atoms. The van der Waals surface area contributed by atoms with E-state index in [0.717, 1.165) is 30.0 Å². The van der Waals surface area contributed by atoms with Gasteiger partial charge in [0.15, 0.2) is 6.61 Å². The molecule has 2 aromatic rings. The Morgan fingerprint density at radius 1 is 1.00 bits per heavy atom. The Labute approximate surface area is 166 Å². The maximum atomic E-state index is 12.4. The summed E-state index contributed by atoms with van der Waals surface area (Å²) in [7, 11) is 0. The normalized spacial score (nSPS) is 13.9. The number of carbonyl (C=O) groups excluding carboxylic acids is 2. The highest BCUT2D eigenvalue weighted by Crippen LogP contribution is 2.27. The van der Waals surface area contributed by atoms with Crippen LogP contribution in [0.15, 0.2) is 48.5 Å². The summed E-state index contributed by atoms with van der Waals surface area (Å²) in [5.41, 5.74) is 2.72. The van der Waals surface area contributed by atoms with Gasteiger partial charge in [-0.05, 0) is 30.7 Å². The number of hydrogen-bond acceptors (Lipinski definition) is 4. The molecular formula is C22H27N3O3. The minimum Gasteiger partial charge on any atom is -0.483 e. The third-order valence-corrected chi connectivity index (χ3v) is 4.91. The van der Waals surface area contributed by atoms with E-state index in [9.17, 15) is 9.59 Å². The van der Waals surface area contributed by atoms with Gasteiger partial charge in [-0.1, -0.05) is 37.3 Å². The Morgan fingerprint density at radius 3 is 2.39 bits per heavy atom. The van der Waals surface area contributed by atoms with E-state index in [2.05, 4.69) is 10.2 Å². The number of amides is 2. The van der Waals surface area contributed by atoms with Crippen LogP contribution in [0.4, 0.5) is 11.4 Å². The number of nitrogens with one attached hydrogen (secondary N) is 1. The molecule has 2 aromatic carbocycles. The maximum Gasteiger partial charge on any atom is 0.262 e. The van der Waals surface area contributed by atoms with Crippen molar-refractivity contribution in [1.82, 2.24) is 4.90 Å². The van der Waals surface area contributed by atoms with Crippen molar-refractivity contribution in [2.75, 3.05) is 43.0 Å². The van der Waals surface area contributed by atoms with Gasteiger partial charge in [0.25, 0.3) is 5.91 Å². The van der Waals surface area contributed by atoms with Crippen LogP contribution < -0.4 is 15.0 Å². The van der Waals surface area contributed by atoms with Crippen LogP contribution in [0, 0.1) is 6.92 Å². The van der Waals surface area contributed by atoms with Crippen molar-refractivity contribution in [2.24, 2.45) is 0 Å². The Balaban J connectivity index is 1.60. The lowest BCUT2D eigenvalue weighted by molar-refractivity contribution is -0.131. The van der Waals surface area contributed by atoms with Crippen LogP contribution in [0.3, 0.4) is 0 Å². The number of ether oxygens (including phenoxy) is 1. The summed E-state index contributed by atoms with van der Waals surface area (Å²) >= 11 is 0. The first-order valence-electron chi connectivity index (χ1n) is 9.68. The number of para-hydroxylation sites is 3. The Morgan fingerprint density at radius 2 is 1.68 bits per heavy atom. The van der Waals surface area contributed by atoms with E-state index in [1.165, 1.54) is 0 Å². The number of nitrogens with zero attached hydrogens (tertiary/aromatic N) is 2. The van der Waals surface area contributed by atoms with Crippen LogP contribution in [-0.2, 0) is 9.59 Å². The topological polar surface area (TPSA) is 61.9 Å². The van der Waals surface area contributed by atoms with Crippen molar-refractivity contribution in [3.05, 3.63) is 54.1 Å². The molecule has 3 rings (SSSR count). The fraction of sp³-hybridized carbons (Fsp3) is 0.364. The molecule has 1 heterocycles. The summed E-state index contributed by atoms with van der Waals surface area (Å²) in [6.07, 6.45) is 0.535. The molecule has 6 heteroatoms. The van der Waals surface area contributed by atoms with Crippen molar-refractivity contribution in [1.29, 1.82) is 0 Å². The second kappa shape index (κ2) is 9.26. The highest BCUT2D eigenvalue weighted by atomic mass is 16.5. The smallest absolute Gasteiger partial charge is 0.262 e. The molecule has 6 nitrogen and oxygen atoms in total. The zero-order valence-electron chi connectivity index (χ0n) is 16.5. The van der Waals surface area contributed by atoms with E-state index in [1.807, 2.05) is 67.3 Å². The van der Waals surface area contributed by atoms with Crippen molar-refractivity contribution < 1.29 is 14.3 Å². The predicted molar refractivity (Wildman–Crippen MR) is 111 cm³/mol. The van der Waals surface area contributed by atoms with Gasteiger partial charge in [-0.3, -0.25) is 9.59 Å². The highest BCUT2D eigenvalue weighted by molar-refractivity contribution is 5.95. The summed E-state index contributed by atoms with van der Waals surface area (Å²) in [6, 6.07) is 15.4. The van der Waals surface area contributed by atoms with Gasteiger partial charge in [0.05, 0.1) is 11.4 Å². The maximum absolute atomic E-state index is 12.4. The third kappa shape index (κ3) is 4.82. The van der Waals surface area contributed by atoms with Crippen LogP contribution in [0.5, 0.6) is 5.75 Å². The molecule has 1 aliphatic rings. The summed E-state index contributed by atoms with van der Waals surface area (Å²) in [4.78, 5) is 28.4. The van der Waals surface area contributed by atoms with E-state index in [4.69, 9.17) is 4.74 Å². The molecule has 0 unspecified atom stereocenters. The van der Waals surface area contributed by atoms with E-state index >= 15 is 0 Å². The molecule has 0 atom stereocenters. The quantitative estimate of drug-likeness (QED) is 0.835. The number of aryl methyl sites for hydroxylation is 1. The molecule has 28 heavy (non-hydrogen) atoms. The molecule has 2 amide bonds. The van der Waals surface area contributed by atoms with Gasteiger partial charge in [-0.15, -0.1) is 0 Å².